The first-order chi connectivity index (χ1) is 5.31. The highest BCUT2D eigenvalue weighted by molar-refractivity contribution is 4.87. The molecule has 2 rings (SSSR count). The molecule has 0 aromatic carbocycles. The van der Waals surface area contributed by atoms with Crippen LogP contribution in [0.5, 0.6) is 0 Å². The van der Waals surface area contributed by atoms with Crippen molar-refractivity contribution in [3.8, 4) is 0 Å². The van der Waals surface area contributed by atoms with Crippen LogP contribution < -0.4 is 5.32 Å². The Morgan fingerprint density at radius 2 is 2.36 bits per heavy atom. The Labute approximate surface area is 65.5 Å². The minimum Gasteiger partial charge on any atom is -0.394 e. The number of ether oxygens (including phenoxy) is 2. The van der Waals surface area contributed by atoms with Crippen LogP contribution in [0.2, 0.25) is 0 Å². The summed E-state index contributed by atoms with van der Waals surface area (Å²) >= 11 is 0. The SMILES string of the molecule is C[C@@H]1NC[C@H]2O[C@@H]1O[C@H]2CO. The van der Waals surface area contributed by atoms with Gasteiger partial charge in [0.1, 0.15) is 12.2 Å². The number of nitrogens with one attached hydrogen (secondary N) is 1. The van der Waals surface area contributed by atoms with Gasteiger partial charge in [-0.25, -0.2) is 0 Å². The van der Waals surface area contributed by atoms with E-state index in [0.29, 0.717) is 0 Å². The summed E-state index contributed by atoms with van der Waals surface area (Å²) in [5.41, 5.74) is 0. The zero-order valence-corrected chi connectivity index (χ0v) is 6.49. The molecule has 4 atom stereocenters. The average Bonchev–Trinajstić information content (AvgIpc) is 2.37. The summed E-state index contributed by atoms with van der Waals surface area (Å²) in [5, 5.41) is 12.1. The molecule has 2 saturated heterocycles. The lowest BCUT2D eigenvalue weighted by molar-refractivity contribution is -0.103. The fourth-order valence-corrected chi connectivity index (χ4v) is 1.53. The Morgan fingerprint density at radius 1 is 1.55 bits per heavy atom. The van der Waals surface area contributed by atoms with Crippen LogP contribution in [-0.2, 0) is 9.47 Å². The van der Waals surface area contributed by atoms with Gasteiger partial charge in [-0.3, -0.25) is 0 Å². The third-order valence-electron chi connectivity index (χ3n) is 2.26. The van der Waals surface area contributed by atoms with Crippen molar-refractivity contribution < 1.29 is 14.6 Å². The van der Waals surface area contributed by atoms with Gasteiger partial charge in [-0.15, -0.1) is 0 Å². The van der Waals surface area contributed by atoms with Crippen LogP contribution in [0.1, 0.15) is 6.92 Å². The van der Waals surface area contributed by atoms with Crippen LogP contribution in [-0.4, -0.2) is 42.8 Å². The van der Waals surface area contributed by atoms with Gasteiger partial charge in [0.15, 0.2) is 6.29 Å². The quantitative estimate of drug-likeness (QED) is 0.519. The molecule has 2 N–H and O–H groups in total. The maximum Gasteiger partial charge on any atom is 0.173 e. The summed E-state index contributed by atoms with van der Waals surface area (Å²) in [6, 6.07) is 0.239. The second-order valence-electron chi connectivity index (χ2n) is 3.10. The minimum absolute atomic E-state index is 0.0428. The molecule has 0 spiro atoms. The second-order valence-corrected chi connectivity index (χ2v) is 3.10. The third-order valence-corrected chi connectivity index (χ3v) is 2.26. The highest BCUT2D eigenvalue weighted by Gasteiger charge is 2.41. The van der Waals surface area contributed by atoms with Gasteiger partial charge < -0.3 is 19.9 Å². The van der Waals surface area contributed by atoms with Crippen molar-refractivity contribution in [3.05, 3.63) is 0 Å². The first kappa shape index (κ1) is 7.49. The van der Waals surface area contributed by atoms with Gasteiger partial charge >= 0.3 is 0 Å². The molecule has 0 radical (unpaired) electrons. The fraction of sp³-hybridized carbons (Fsp3) is 1.00. The molecule has 0 saturated carbocycles. The predicted molar refractivity (Wildman–Crippen MR) is 38.1 cm³/mol. The van der Waals surface area contributed by atoms with Crippen LogP contribution in [0.3, 0.4) is 0 Å². The molecular weight excluding hydrogens is 146 g/mol. The van der Waals surface area contributed by atoms with E-state index in [1.807, 2.05) is 6.92 Å². The highest BCUT2D eigenvalue weighted by Crippen LogP contribution is 2.24. The zero-order chi connectivity index (χ0) is 7.84. The van der Waals surface area contributed by atoms with Crippen molar-refractivity contribution in [1.82, 2.24) is 5.32 Å². The van der Waals surface area contributed by atoms with Crippen LogP contribution >= 0.6 is 0 Å². The minimum atomic E-state index is -0.161. The molecule has 2 aliphatic heterocycles. The maximum atomic E-state index is 8.87. The molecule has 0 aliphatic carbocycles. The lowest BCUT2D eigenvalue weighted by atomic mass is 10.2. The van der Waals surface area contributed by atoms with E-state index in [-0.39, 0.29) is 31.1 Å². The molecule has 0 aromatic rings. The first-order valence-electron chi connectivity index (χ1n) is 3.96. The zero-order valence-electron chi connectivity index (χ0n) is 6.49. The van der Waals surface area contributed by atoms with Crippen molar-refractivity contribution in [2.24, 2.45) is 0 Å². The van der Waals surface area contributed by atoms with Gasteiger partial charge in [-0.1, -0.05) is 0 Å². The Hall–Kier alpha value is -0.160. The summed E-state index contributed by atoms with van der Waals surface area (Å²) in [5.74, 6) is 0. The Kier molecular flexibility index (Phi) is 1.85. The number of rotatable bonds is 1. The smallest absolute Gasteiger partial charge is 0.173 e. The van der Waals surface area contributed by atoms with Gasteiger partial charge in [0.2, 0.25) is 0 Å². The molecule has 0 unspecified atom stereocenters. The monoisotopic (exact) mass is 159 g/mol. The molecule has 2 heterocycles. The molecule has 0 aromatic heterocycles. The molecular formula is C7H13NO3. The van der Waals surface area contributed by atoms with Crippen LogP contribution in [0.15, 0.2) is 0 Å². The highest BCUT2D eigenvalue weighted by atomic mass is 16.7. The molecule has 2 fully saturated rings. The topological polar surface area (TPSA) is 50.7 Å². The molecule has 4 heteroatoms. The maximum absolute atomic E-state index is 8.87. The largest absolute Gasteiger partial charge is 0.394 e. The Bertz CT molecular complexity index is 153. The van der Waals surface area contributed by atoms with Crippen molar-refractivity contribution in [3.63, 3.8) is 0 Å². The van der Waals surface area contributed by atoms with E-state index >= 15 is 0 Å². The van der Waals surface area contributed by atoms with E-state index < -0.39 is 0 Å². The van der Waals surface area contributed by atoms with Gasteiger partial charge in [-0.2, -0.15) is 0 Å². The summed E-state index contributed by atoms with van der Waals surface area (Å²) < 4.78 is 10.9. The summed E-state index contributed by atoms with van der Waals surface area (Å²) in [6.45, 7) is 2.85. The van der Waals surface area contributed by atoms with Crippen molar-refractivity contribution in [2.45, 2.75) is 31.5 Å². The van der Waals surface area contributed by atoms with Gasteiger partial charge in [-0.05, 0) is 6.92 Å². The number of aliphatic hydroxyl groups excluding tert-OH is 1. The molecule has 11 heavy (non-hydrogen) atoms. The number of fused-ring (bicyclic) bond motifs is 2. The van der Waals surface area contributed by atoms with E-state index in [0.717, 1.165) is 6.54 Å². The fourth-order valence-electron chi connectivity index (χ4n) is 1.53. The van der Waals surface area contributed by atoms with Gasteiger partial charge in [0.25, 0.3) is 0 Å². The molecule has 2 aliphatic rings. The Morgan fingerprint density at radius 3 is 3.00 bits per heavy atom. The van der Waals surface area contributed by atoms with E-state index in [2.05, 4.69) is 5.32 Å². The van der Waals surface area contributed by atoms with Crippen LogP contribution in [0.25, 0.3) is 0 Å². The normalized spacial score (nSPS) is 49.6. The number of hydrogen-bond donors (Lipinski definition) is 2. The lowest BCUT2D eigenvalue weighted by Gasteiger charge is -2.25. The van der Waals surface area contributed by atoms with Gasteiger partial charge in [0, 0.05) is 6.54 Å². The standard InChI is InChI=1S/C7H13NO3/c1-4-7-10-5(2-8-4)6(3-9)11-7/h4-9H,2-3H2,1H3/t4-,5+,6-,7+/m0/s1. The van der Waals surface area contributed by atoms with E-state index in [4.69, 9.17) is 14.6 Å². The van der Waals surface area contributed by atoms with Crippen molar-refractivity contribution in [1.29, 1.82) is 0 Å². The van der Waals surface area contributed by atoms with E-state index in [9.17, 15) is 0 Å². The molecule has 64 valence electrons. The summed E-state index contributed by atoms with van der Waals surface area (Å²) in [7, 11) is 0. The first-order valence-corrected chi connectivity index (χ1v) is 3.96. The summed E-state index contributed by atoms with van der Waals surface area (Å²) in [6.07, 6.45) is -0.246. The van der Waals surface area contributed by atoms with Gasteiger partial charge in [0.05, 0.1) is 12.6 Å². The average molecular weight is 159 g/mol. The molecule has 2 bridgehead atoms. The molecule has 4 nitrogen and oxygen atoms in total. The molecule has 0 amide bonds. The van der Waals surface area contributed by atoms with Crippen LogP contribution in [0.4, 0.5) is 0 Å². The summed E-state index contributed by atoms with van der Waals surface area (Å²) in [4.78, 5) is 0. The second kappa shape index (κ2) is 2.71. The number of morpholine rings is 1. The third kappa shape index (κ3) is 1.16. The van der Waals surface area contributed by atoms with Crippen molar-refractivity contribution >= 4 is 0 Å². The Balaban J connectivity index is 2.03. The number of aliphatic hydroxyl groups is 1. The van der Waals surface area contributed by atoms with Crippen molar-refractivity contribution in [2.75, 3.05) is 13.2 Å². The number of hydrogen-bond acceptors (Lipinski definition) is 4. The van der Waals surface area contributed by atoms with E-state index in [1.54, 1.807) is 0 Å². The van der Waals surface area contributed by atoms with E-state index in [1.165, 1.54) is 0 Å². The predicted octanol–water partition coefficient (Wildman–Crippen LogP) is -0.920. The van der Waals surface area contributed by atoms with Crippen LogP contribution in [0, 0.1) is 0 Å². The lowest BCUT2D eigenvalue weighted by Crippen LogP contribution is -2.47.